The van der Waals surface area contributed by atoms with Gasteiger partial charge >= 0.3 is 12.1 Å². The van der Waals surface area contributed by atoms with Gasteiger partial charge in [0.1, 0.15) is 12.6 Å². The minimum Gasteiger partial charge on any atom is -0.467 e. The normalized spacial score (nSPS) is 31.3. The third kappa shape index (κ3) is 3.62. The number of nitrogens with zero attached hydrogens (tertiary/aromatic N) is 1. The fourth-order valence-corrected chi connectivity index (χ4v) is 3.25. The van der Waals surface area contributed by atoms with Gasteiger partial charge in [0.15, 0.2) is 5.79 Å². The van der Waals surface area contributed by atoms with E-state index in [-0.39, 0.29) is 31.8 Å². The Morgan fingerprint density at radius 1 is 1.20 bits per heavy atom. The van der Waals surface area contributed by atoms with Crippen molar-refractivity contribution in [1.82, 2.24) is 4.90 Å². The maximum absolute atomic E-state index is 12.5. The molecule has 2 saturated heterocycles. The number of hydrogen-bond acceptors (Lipinski definition) is 6. The van der Waals surface area contributed by atoms with Crippen molar-refractivity contribution in [1.29, 1.82) is 0 Å². The predicted molar refractivity (Wildman–Crippen MR) is 87.6 cm³/mol. The van der Waals surface area contributed by atoms with Crippen molar-refractivity contribution in [2.24, 2.45) is 0 Å². The van der Waals surface area contributed by atoms with E-state index in [4.69, 9.17) is 18.9 Å². The van der Waals surface area contributed by atoms with Gasteiger partial charge in [0, 0.05) is 6.42 Å². The van der Waals surface area contributed by atoms with Crippen molar-refractivity contribution in [2.75, 3.05) is 13.7 Å². The van der Waals surface area contributed by atoms with Crippen molar-refractivity contribution in [2.45, 2.75) is 50.9 Å². The van der Waals surface area contributed by atoms with Crippen molar-refractivity contribution >= 4 is 12.1 Å². The molecule has 7 nitrogen and oxygen atoms in total. The number of benzene rings is 1. The van der Waals surface area contributed by atoms with E-state index in [0.717, 1.165) is 5.56 Å². The minimum atomic E-state index is -0.983. The van der Waals surface area contributed by atoms with Crippen molar-refractivity contribution in [3.8, 4) is 0 Å². The second-order valence-corrected chi connectivity index (χ2v) is 6.47. The van der Waals surface area contributed by atoms with Gasteiger partial charge in [-0.1, -0.05) is 30.3 Å². The Balaban J connectivity index is 1.71. The number of rotatable bonds is 3. The van der Waals surface area contributed by atoms with Gasteiger partial charge in [-0.05, 0) is 19.4 Å². The monoisotopic (exact) mass is 349 g/mol. The van der Waals surface area contributed by atoms with E-state index >= 15 is 0 Å². The standard InChI is InChI=1S/C18H23NO6/c1-12-13(2)25-18(24-12)9-15(16(20)22-3)19(11-18)17(21)23-10-14-7-5-4-6-8-14/h4-8,12-13,15H,9-11H2,1-3H3/t12-,13?,15-,18?/m0/s1. The Hall–Kier alpha value is -2.12. The largest absolute Gasteiger partial charge is 0.467 e. The van der Waals surface area contributed by atoms with E-state index in [9.17, 15) is 9.59 Å². The summed E-state index contributed by atoms with van der Waals surface area (Å²) in [5, 5.41) is 0. The Kier molecular flexibility index (Phi) is 4.96. The Morgan fingerprint density at radius 3 is 2.44 bits per heavy atom. The van der Waals surface area contributed by atoms with Gasteiger partial charge in [0.2, 0.25) is 0 Å². The minimum absolute atomic E-state index is 0.112. The number of hydrogen-bond donors (Lipinski definition) is 0. The first-order valence-corrected chi connectivity index (χ1v) is 8.35. The molecule has 1 amide bonds. The quantitative estimate of drug-likeness (QED) is 0.778. The molecule has 7 heteroatoms. The van der Waals surface area contributed by atoms with Crippen LogP contribution in [0.1, 0.15) is 25.8 Å². The lowest BCUT2D eigenvalue weighted by Crippen LogP contribution is -2.42. The smallest absolute Gasteiger partial charge is 0.411 e. The molecule has 1 aromatic rings. The van der Waals surface area contributed by atoms with Crippen molar-refractivity contribution in [3.05, 3.63) is 35.9 Å². The zero-order valence-electron chi connectivity index (χ0n) is 14.6. The molecule has 0 N–H and O–H groups in total. The SMILES string of the molecule is COC(=O)[C@@H]1CC2(CN1C(=O)OCc1ccccc1)OC(C)[C@H](C)O2. The maximum atomic E-state index is 12.5. The summed E-state index contributed by atoms with van der Waals surface area (Å²) < 4.78 is 22.0. The molecule has 0 saturated carbocycles. The summed E-state index contributed by atoms with van der Waals surface area (Å²) in [6, 6.07) is 8.57. The Labute approximate surface area is 146 Å². The molecule has 3 rings (SSSR count). The fourth-order valence-electron chi connectivity index (χ4n) is 3.25. The molecule has 2 aliphatic rings. The number of likely N-dealkylation sites (tertiary alicyclic amines) is 1. The van der Waals surface area contributed by atoms with Crippen LogP contribution < -0.4 is 0 Å². The lowest BCUT2D eigenvalue weighted by atomic mass is 10.1. The van der Waals surface area contributed by atoms with Gasteiger partial charge in [-0.25, -0.2) is 9.59 Å². The molecule has 136 valence electrons. The zero-order chi connectivity index (χ0) is 18.0. The highest BCUT2D eigenvalue weighted by Crippen LogP contribution is 2.40. The van der Waals surface area contributed by atoms with E-state index in [0.29, 0.717) is 0 Å². The first-order chi connectivity index (χ1) is 11.9. The first-order valence-electron chi connectivity index (χ1n) is 8.35. The Bertz CT molecular complexity index is 624. The van der Waals surface area contributed by atoms with E-state index in [1.54, 1.807) is 0 Å². The molecule has 2 aliphatic heterocycles. The molecule has 1 aromatic carbocycles. The highest BCUT2D eigenvalue weighted by molar-refractivity contribution is 5.82. The fraction of sp³-hybridized carbons (Fsp3) is 0.556. The van der Waals surface area contributed by atoms with Crippen LogP contribution in [0.15, 0.2) is 30.3 Å². The molecule has 4 atom stereocenters. The van der Waals surface area contributed by atoms with E-state index < -0.39 is 23.9 Å². The molecule has 25 heavy (non-hydrogen) atoms. The molecule has 0 radical (unpaired) electrons. The lowest BCUT2D eigenvalue weighted by Gasteiger charge is -2.23. The average molecular weight is 349 g/mol. The van der Waals surface area contributed by atoms with Crippen LogP contribution in [0.5, 0.6) is 0 Å². The molecule has 2 fully saturated rings. The summed E-state index contributed by atoms with van der Waals surface area (Å²) in [6.45, 7) is 4.08. The van der Waals surface area contributed by atoms with Crippen LogP contribution in [0, 0.1) is 0 Å². The summed E-state index contributed by atoms with van der Waals surface area (Å²) >= 11 is 0. The van der Waals surface area contributed by atoms with Crippen LogP contribution >= 0.6 is 0 Å². The second kappa shape index (κ2) is 7.01. The van der Waals surface area contributed by atoms with Gasteiger partial charge in [0.25, 0.3) is 0 Å². The number of carbonyl (C=O) groups excluding carboxylic acids is 2. The maximum Gasteiger partial charge on any atom is 0.411 e. The first kappa shape index (κ1) is 17.7. The van der Waals surface area contributed by atoms with Crippen molar-refractivity contribution < 1.29 is 28.5 Å². The van der Waals surface area contributed by atoms with E-state index in [1.165, 1.54) is 12.0 Å². The molecule has 1 spiro atoms. The van der Waals surface area contributed by atoms with Crippen LogP contribution in [0.2, 0.25) is 0 Å². The summed E-state index contributed by atoms with van der Waals surface area (Å²) in [5.41, 5.74) is 0.870. The van der Waals surface area contributed by atoms with Gasteiger partial charge in [-0.15, -0.1) is 0 Å². The predicted octanol–water partition coefficient (Wildman–Crippen LogP) is 2.09. The molecular formula is C18H23NO6. The van der Waals surface area contributed by atoms with Crippen molar-refractivity contribution in [3.63, 3.8) is 0 Å². The zero-order valence-corrected chi connectivity index (χ0v) is 14.6. The molecule has 0 aliphatic carbocycles. The van der Waals surface area contributed by atoms with Crippen LogP contribution in [0.4, 0.5) is 4.79 Å². The summed E-state index contributed by atoms with van der Waals surface area (Å²) in [6.07, 6.45) is -0.581. The second-order valence-electron chi connectivity index (χ2n) is 6.47. The van der Waals surface area contributed by atoms with E-state index in [2.05, 4.69) is 0 Å². The summed E-state index contributed by atoms with van der Waals surface area (Å²) in [7, 11) is 1.29. The van der Waals surface area contributed by atoms with Gasteiger partial charge in [-0.2, -0.15) is 0 Å². The third-order valence-electron chi connectivity index (χ3n) is 4.67. The number of amides is 1. The molecular weight excluding hydrogens is 326 g/mol. The number of esters is 1. The molecule has 0 aromatic heterocycles. The average Bonchev–Trinajstić information content (AvgIpc) is 3.12. The van der Waals surface area contributed by atoms with Gasteiger partial charge < -0.3 is 18.9 Å². The molecule has 2 heterocycles. The lowest BCUT2D eigenvalue weighted by molar-refractivity contribution is -0.163. The Morgan fingerprint density at radius 2 is 1.84 bits per heavy atom. The summed E-state index contributed by atoms with van der Waals surface area (Å²) in [4.78, 5) is 26.0. The van der Waals surface area contributed by atoms with Crippen LogP contribution in [-0.4, -0.2) is 54.7 Å². The number of carbonyl (C=O) groups is 2. The van der Waals surface area contributed by atoms with Gasteiger partial charge in [0.05, 0.1) is 25.9 Å². The van der Waals surface area contributed by atoms with Crippen LogP contribution in [0.25, 0.3) is 0 Å². The van der Waals surface area contributed by atoms with Crippen LogP contribution in [-0.2, 0) is 30.3 Å². The molecule has 2 unspecified atom stereocenters. The third-order valence-corrected chi connectivity index (χ3v) is 4.67. The highest BCUT2D eigenvalue weighted by Gasteiger charge is 2.56. The van der Waals surface area contributed by atoms with Crippen LogP contribution in [0.3, 0.4) is 0 Å². The number of ether oxygens (including phenoxy) is 4. The highest BCUT2D eigenvalue weighted by atomic mass is 16.8. The van der Waals surface area contributed by atoms with Gasteiger partial charge in [-0.3, -0.25) is 4.90 Å². The molecule has 0 bridgehead atoms. The topological polar surface area (TPSA) is 74.3 Å². The number of methoxy groups -OCH3 is 1. The summed E-state index contributed by atoms with van der Waals surface area (Å²) in [5.74, 6) is -1.49. The van der Waals surface area contributed by atoms with E-state index in [1.807, 2.05) is 44.2 Å².